The molecule has 25 heavy (non-hydrogen) atoms. The van der Waals surface area contributed by atoms with Gasteiger partial charge in [-0.1, -0.05) is 36.7 Å². The Morgan fingerprint density at radius 3 is 2.96 bits per heavy atom. The minimum atomic E-state index is -0.0187. The molecule has 1 N–H and O–H groups in total. The Morgan fingerprint density at radius 2 is 2.28 bits per heavy atom. The number of nitrogens with one attached hydrogen (secondary N) is 1. The highest BCUT2D eigenvalue weighted by molar-refractivity contribution is 6.31. The number of hydrogen-bond acceptors (Lipinski definition) is 4. The second-order valence-corrected chi connectivity index (χ2v) is 6.72. The third kappa shape index (κ3) is 4.17. The van der Waals surface area contributed by atoms with Gasteiger partial charge in [-0.15, -0.1) is 5.10 Å². The van der Waals surface area contributed by atoms with Crippen molar-refractivity contribution in [3.63, 3.8) is 0 Å². The summed E-state index contributed by atoms with van der Waals surface area (Å²) in [5.41, 5.74) is 2.57. The Hall–Kier alpha value is -2.41. The van der Waals surface area contributed by atoms with Crippen LogP contribution in [0.15, 0.2) is 30.6 Å². The van der Waals surface area contributed by atoms with Crippen LogP contribution in [-0.2, 0) is 0 Å². The van der Waals surface area contributed by atoms with Crippen molar-refractivity contribution in [3.8, 4) is 5.69 Å². The molecule has 7 nitrogen and oxygen atoms in total. The smallest absolute Gasteiger partial charge is 0.317 e. The van der Waals surface area contributed by atoms with Crippen LogP contribution in [0, 0.1) is 5.92 Å². The average molecular weight is 361 g/mol. The van der Waals surface area contributed by atoms with Gasteiger partial charge in [0.25, 0.3) is 0 Å². The maximum absolute atomic E-state index is 12.1. The maximum atomic E-state index is 12.1. The molecule has 0 atom stereocenters. The molecule has 0 bridgehead atoms. The highest BCUT2D eigenvalue weighted by Gasteiger charge is 2.19. The van der Waals surface area contributed by atoms with Crippen LogP contribution < -0.4 is 5.32 Å². The fraction of sp³-hybridized carbons (Fsp3) is 0.412. The molecule has 0 aliphatic carbocycles. The van der Waals surface area contributed by atoms with Gasteiger partial charge in [0.05, 0.1) is 6.20 Å². The molecule has 0 aromatic carbocycles. The number of carbonyl (C=O) groups excluding carboxylic acids is 1. The van der Waals surface area contributed by atoms with Gasteiger partial charge in [-0.2, -0.15) is 0 Å². The first-order valence-corrected chi connectivity index (χ1v) is 8.68. The first-order valence-electron chi connectivity index (χ1n) is 8.30. The van der Waals surface area contributed by atoms with E-state index in [2.05, 4.69) is 34.5 Å². The lowest BCUT2D eigenvalue weighted by atomic mass is 10.1. The van der Waals surface area contributed by atoms with E-state index in [0.29, 0.717) is 36.4 Å². The van der Waals surface area contributed by atoms with Crippen molar-refractivity contribution >= 4 is 23.2 Å². The van der Waals surface area contributed by atoms with Gasteiger partial charge in [-0.25, -0.2) is 14.5 Å². The second kappa shape index (κ2) is 7.65. The molecule has 3 rings (SSSR count). The van der Waals surface area contributed by atoms with Crippen molar-refractivity contribution in [1.82, 2.24) is 30.2 Å². The molecule has 2 aromatic heterocycles. The number of pyridine rings is 1. The van der Waals surface area contributed by atoms with Crippen LogP contribution in [0.4, 0.5) is 4.79 Å². The standard InChI is InChI=1S/C17H21ClN6O/c1-12(2)10-20-17(25)23-8-5-13(6-9-23)14-11-24(22-21-14)15-4-3-7-19-16(15)18/h3-5,7,11-12H,6,8-10H2,1-2H3,(H,20,25). The molecule has 0 saturated carbocycles. The van der Waals surface area contributed by atoms with E-state index in [4.69, 9.17) is 11.6 Å². The third-order valence-corrected chi connectivity index (χ3v) is 4.26. The average Bonchev–Trinajstić information content (AvgIpc) is 3.10. The normalized spacial score (nSPS) is 14.6. The van der Waals surface area contributed by atoms with E-state index >= 15 is 0 Å². The number of halogens is 1. The van der Waals surface area contributed by atoms with Crippen molar-refractivity contribution in [1.29, 1.82) is 0 Å². The molecular formula is C17H21ClN6O. The van der Waals surface area contributed by atoms with Gasteiger partial charge in [-0.05, 0) is 30.0 Å². The monoisotopic (exact) mass is 360 g/mol. The van der Waals surface area contributed by atoms with Crippen molar-refractivity contribution in [2.24, 2.45) is 5.92 Å². The molecular weight excluding hydrogens is 340 g/mol. The minimum absolute atomic E-state index is 0.0187. The van der Waals surface area contributed by atoms with Gasteiger partial charge >= 0.3 is 6.03 Å². The number of urea groups is 1. The Bertz CT molecular complexity index is 785. The predicted molar refractivity (Wildman–Crippen MR) is 96.6 cm³/mol. The topological polar surface area (TPSA) is 75.9 Å². The fourth-order valence-corrected chi connectivity index (χ4v) is 2.77. The second-order valence-electron chi connectivity index (χ2n) is 6.37. The molecule has 2 amide bonds. The Balaban J connectivity index is 1.66. The zero-order valence-corrected chi connectivity index (χ0v) is 15.1. The molecule has 0 fully saturated rings. The van der Waals surface area contributed by atoms with E-state index < -0.39 is 0 Å². The summed E-state index contributed by atoms with van der Waals surface area (Å²) in [5.74, 6) is 0.439. The largest absolute Gasteiger partial charge is 0.338 e. The van der Waals surface area contributed by atoms with Crippen molar-refractivity contribution in [2.45, 2.75) is 20.3 Å². The molecule has 2 aromatic rings. The molecule has 1 aliphatic heterocycles. The van der Waals surface area contributed by atoms with Crippen LogP contribution in [-0.4, -0.2) is 50.5 Å². The Kier molecular flexibility index (Phi) is 5.33. The molecule has 0 spiro atoms. The molecule has 8 heteroatoms. The van der Waals surface area contributed by atoms with Gasteiger partial charge < -0.3 is 10.2 Å². The maximum Gasteiger partial charge on any atom is 0.317 e. The van der Waals surface area contributed by atoms with Crippen LogP contribution in [0.2, 0.25) is 5.15 Å². The van der Waals surface area contributed by atoms with Crippen LogP contribution in [0.3, 0.4) is 0 Å². The Morgan fingerprint density at radius 1 is 1.44 bits per heavy atom. The molecule has 0 saturated heterocycles. The number of carbonyl (C=O) groups is 1. The zero-order chi connectivity index (χ0) is 17.8. The number of nitrogens with zero attached hydrogens (tertiary/aromatic N) is 5. The van der Waals surface area contributed by atoms with Gasteiger partial charge in [0.15, 0.2) is 5.15 Å². The summed E-state index contributed by atoms with van der Waals surface area (Å²) in [6.45, 7) is 6.07. The number of amides is 2. The molecule has 1 aliphatic rings. The summed E-state index contributed by atoms with van der Waals surface area (Å²) in [6, 6.07) is 3.62. The van der Waals surface area contributed by atoms with Crippen molar-refractivity contribution in [3.05, 3.63) is 41.4 Å². The predicted octanol–water partition coefficient (Wildman–Crippen LogP) is 2.77. The van der Waals surface area contributed by atoms with E-state index in [-0.39, 0.29) is 6.03 Å². The van der Waals surface area contributed by atoms with E-state index in [0.717, 1.165) is 17.7 Å². The van der Waals surface area contributed by atoms with Gasteiger partial charge in [0.1, 0.15) is 11.4 Å². The third-order valence-electron chi connectivity index (χ3n) is 3.97. The fourth-order valence-electron chi connectivity index (χ4n) is 2.57. The highest BCUT2D eigenvalue weighted by Crippen LogP contribution is 2.22. The molecule has 0 radical (unpaired) electrons. The molecule has 132 valence electrons. The van der Waals surface area contributed by atoms with Gasteiger partial charge in [0.2, 0.25) is 0 Å². The first-order chi connectivity index (χ1) is 12.0. The lowest BCUT2D eigenvalue weighted by Crippen LogP contribution is -2.43. The lowest BCUT2D eigenvalue weighted by molar-refractivity contribution is 0.201. The summed E-state index contributed by atoms with van der Waals surface area (Å²) in [6.07, 6.45) is 6.24. The summed E-state index contributed by atoms with van der Waals surface area (Å²) < 4.78 is 1.62. The van der Waals surface area contributed by atoms with Crippen molar-refractivity contribution in [2.75, 3.05) is 19.6 Å². The van der Waals surface area contributed by atoms with E-state index in [9.17, 15) is 4.79 Å². The lowest BCUT2D eigenvalue weighted by Gasteiger charge is -2.26. The van der Waals surface area contributed by atoms with Crippen LogP contribution in [0.1, 0.15) is 26.0 Å². The first kappa shape index (κ1) is 17.4. The summed E-state index contributed by atoms with van der Waals surface area (Å²) in [5, 5.41) is 11.7. The number of aromatic nitrogens is 4. The van der Waals surface area contributed by atoms with E-state index in [1.165, 1.54) is 0 Å². The molecule has 3 heterocycles. The number of rotatable bonds is 4. The van der Waals surface area contributed by atoms with Crippen molar-refractivity contribution < 1.29 is 4.79 Å². The SMILES string of the molecule is CC(C)CNC(=O)N1CC=C(c2cn(-c3cccnc3Cl)nn2)CC1. The summed E-state index contributed by atoms with van der Waals surface area (Å²) >= 11 is 6.09. The van der Waals surface area contributed by atoms with Crippen LogP contribution in [0.25, 0.3) is 11.3 Å². The number of hydrogen-bond donors (Lipinski definition) is 1. The van der Waals surface area contributed by atoms with Gasteiger partial charge in [0, 0.05) is 25.8 Å². The van der Waals surface area contributed by atoms with Crippen LogP contribution >= 0.6 is 11.6 Å². The van der Waals surface area contributed by atoms with E-state index in [1.54, 1.807) is 21.8 Å². The highest BCUT2D eigenvalue weighted by atomic mass is 35.5. The zero-order valence-electron chi connectivity index (χ0n) is 14.3. The minimum Gasteiger partial charge on any atom is -0.338 e. The van der Waals surface area contributed by atoms with E-state index in [1.807, 2.05) is 18.3 Å². The van der Waals surface area contributed by atoms with Gasteiger partial charge in [-0.3, -0.25) is 0 Å². The molecule has 0 unspecified atom stereocenters. The summed E-state index contributed by atoms with van der Waals surface area (Å²) in [7, 11) is 0. The quantitative estimate of drug-likeness (QED) is 0.850. The summed E-state index contributed by atoms with van der Waals surface area (Å²) in [4.78, 5) is 18.0. The van der Waals surface area contributed by atoms with Crippen LogP contribution in [0.5, 0.6) is 0 Å². The Labute approximate surface area is 151 Å².